The lowest BCUT2D eigenvalue weighted by atomic mass is 10.0. The number of carbonyl (C=O) groups excluding carboxylic acids is 3. The molecular weight excluding hydrogens is 484 g/mol. The van der Waals surface area contributed by atoms with E-state index in [-0.39, 0.29) is 23.7 Å². The third kappa shape index (κ3) is 4.72. The van der Waals surface area contributed by atoms with Crippen LogP contribution in [0, 0.1) is 13.8 Å². The van der Waals surface area contributed by atoms with Gasteiger partial charge < -0.3 is 18.8 Å². The first-order chi connectivity index (χ1) is 18.2. The molecule has 8 nitrogen and oxygen atoms in total. The molecule has 8 heteroatoms. The third-order valence-electron chi connectivity index (χ3n) is 6.53. The molecule has 2 heterocycles. The molecule has 1 aliphatic rings. The summed E-state index contributed by atoms with van der Waals surface area (Å²) in [5.41, 5.74) is 5.40. The second-order valence-electron chi connectivity index (χ2n) is 8.78. The van der Waals surface area contributed by atoms with E-state index in [0.29, 0.717) is 16.9 Å². The number of hydrogen-bond donors (Lipinski definition) is 0. The van der Waals surface area contributed by atoms with Gasteiger partial charge in [-0.3, -0.25) is 9.69 Å². The van der Waals surface area contributed by atoms with Gasteiger partial charge in [-0.1, -0.05) is 0 Å². The smallest absolute Gasteiger partial charge is 0.340 e. The summed E-state index contributed by atoms with van der Waals surface area (Å²) in [6, 6.07) is 16.2. The Morgan fingerprint density at radius 2 is 1.53 bits per heavy atom. The van der Waals surface area contributed by atoms with Crippen LogP contribution in [0.25, 0.3) is 11.8 Å². The fourth-order valence-electron chi connectivity index (χ4n) is 4.67. The van der Waals surface area contributed by atoms with Crippen molar-refractivity contribution in [3.8, 4) is 11.4 Å². The SMILES string of the molecule is CCOC(=O)c1ccc(N2C(=O)/C(=C\c3cc(C)n(-c4ccc(OC)cc4)c3C)C(C(=O)OC)=C2C)cc1. The van der Waals surface area contributed by atoms with Crippen LogP contribution in [0.15, 0.2) is 71.4 Å². The predicted molar refractivity (Wildman–Crippen MR) is 144 cm³/mol. The van der Waals surface area contributed by atoms with Crippen LogP contribution >= 0.6 is 0 Å². The van der Waals surface area contributed by atoms with Gasteiger partial charge in [0.2, 0.25) is 0 Å². The summed E-state index contributed by atoms with van der Waals surface area (Å²) in [7, 11) is 2.91. The molecule has 3 aromatic rings. The molecule has 0 radical (unpaired) electrons. The van der Waals surface area contributed by atoms with Crippen LogP contribution in [0.5, 0.6) is 5.75 Å². The van der Waals surface area contributed by atoms with Gasteiger partial charge in [-0.25, -0.2) is 9.59 Å². The molecule has 0 fully saturated rings. The fourth-order valence-corrected chi connectivity index (χ4v) is 4.67. The lowest BCUT2D eigenvalue weighted by Crippen LogP contribution is -2.24. The maximum atomic E-state index is 13.7. The Morgan fingerprint density at radius 3 is 2.11 bits per heavy atom. The minimum Gasteiger partial charge on any atom is -0.497 e. The average Bonchev–Trinajstić information content (AvgIpc) is 3.34. The van der Waals surface area contributed by atoms with Crippen molar-refractivity contribution >= 4 is 29.6 Å². The Bertz CT molecular complexity index is 1460. The molecule has 0 bridgehead atoms. The van der Waals surface area contributed by atoms with E-state index in [4.69, 9.17) is 14.2 Å². The molecule has 0 N–H and O–H groups in total. The number of nitrogens with zero attached hydrogens (tertiary/aromatic N) is 2. The highest BCUT2D eigenvalue weighted by atomic mass is 16.5. The van der Waals surface area contributed by atoms with Crippen molar-refractivity contribution in [2.24, 2.45) is 0 Å². The Hall–Kier alpha value is -4.59. The maximum Gasteiger partial charge on any atom is 0.340 e. The monoisotopic (exact) mass is 514 g/mol. The predicted octanol–water partition coefficient (Wildman–Crippen LogP) is 5.16. The lowest BCUT2D eigenvalue weighted by molar-refractivity contribution is -0.136. The van der Waals surface area contributed by atoms with E-state index in [2.05, 4.69) is 4.57 Å². The summed E-state index contributed by atoms with van der Waals surface area (Å²) < 4.78 is 17.4. The van der Waals surface area contributed by atoms with Gasteiger partial charge in [-0.05, 0) is 93.9 Å². The number of carbonyl (C=O) groups is 3. The molecule has 4 rings (SSSR count). The highest BCUT2D eigenvalue weighted by Crippen LogP contribution is 2.36. The molecule has 1 amide bonds. The topological polar surface area (TPSA) is 87.1 Å². The van der Waals surface area contributed by atoms with Gasteiger partial charge in [0.25, 0.3) is 5.91 Å². The Labute approximate surface area is 221 Å². The lowest BCUT2D eigenvalue weighted by Gasteiger charge is -2.18. The number of allylic oxidation sites excluding steroid dienone is 1. The van der Waals surface area contributed by atoms with Crippen molar-refractivity contribution in [2.75, 3.05) is 25.7 Å². The van der Waals surface area contributed by atoms with Crippen LogP contribution in [0.2, 0.25) is 0 Å². The first-order valence-electron chi connectivity index (χ1n) is 12.2. The van der Waals surface area contributed by atoms with E-state index >= 15 is 0 Å². The van der Waals surface area contributed by atoms with Gasteiger partial charge in [-0.2, -0.15) is 0 Å². The normalized spacial score (nSPS) is 14.3. The van der Waals surface area contributed by atoms with Crippen LogP contribution in [0.4, 0.5) is 5.69 Å². The third-order valence-corrected chi connectivity index (χ3v) is 6.53. The van der Waals surface area contributed by atoms with Gasteiger partial charge in [0.15, 0.2) is 0 Å². The first-order valence-corrected chi connectivity index (χ1v) is 12.2. The number of esters is 2. The number of aryl methyl sites for hydroxylation is 1. The number of benzene rings is 2. The minimum atomic E-state index is -0.600. The fraction of sp³-hybridized carbons (Fsp3) is 0.233. The van der Waals surface area contributed by atoms with Crippen molar-refractivity contribution < 1.29 is 28.6 Å². The van der Waals surface area contributed by atoms with E-state index < -0.39 is 11.9 Å². The van der Waals surface area contributed by atoms with Crippen LogP contribution in [0.1, 0.15) is 41.2 Å². The van der Waals surface area contributed by atoms with E-state index in [1.807, 2.05) is 44.2 Å². The second kappa shape index (κ2) is 10.8. The molecule has 196 valence electrons. The van der Waals surface area contributed by atoms with Crippen molar-refractivity contribution in [3.05, 3.63) is 94.0 Å². The molecule has 0 spiro atoms. The number of anilines is 1. The molecule has 0 atom stereocenters. The van der Waals surface area contributed by atoms with Gasteiger partial charge in [-0.15, -0.1) is 0 Å². The maximum absolute atomic E-state index is 13.7. The quantitative estimate of drug-likeness (QED) is 0.320. The standard InChI is InChI=1S/C30H30N2O6/c1-7-38-29(34)21-8-10-24(11-9-21)32-20(4)27(30(35)37-6)26(28(32)33)17-22-16-18(2)31(19(22)3)23-12-14-25(36-5)15-13-23/h8-17H,7H2,1-6H3/b26-17-. The molecule has 2 aromatic carbocycles. The zero-order valence-electron chi connectivity index (χ0n) is 22.3. The van der Waals surface area contributed by atoms with Crippen LogP contribution < -0.4 is 9.64 Å². The average molecular weight is 515 g/mol. The zero-order valence-corrected chi connectivity index (χ0v) is 22.3. The molecule has 0 saturated heterocycles. The molecule has 38 heavy (non-hydrogen) atoms. The minimum absolute atomic E-state index is 0.196. The second-order valence-corrected chi connectivity index (χ2v) is 8.78. The largest absolute Gasteiger partial charge is 0.497 e. The molecule has 1 aliphatic heterocycles. The zero-order chi connectivity index (χ0) is 27.6. The molecule has 0 unspecified atom stereocenters. The Kier molecular flexibility index (Phi) is 7.52. The van der Waals surface area contributed by atoms with Crippen molar-refractivity contribution in [1.82, 2.24) is 4.57 Å². The number of aromatic nitrogens is 1. The first kappa shape index (κ1) is 26.5. The Balaban J connectivity index is 1.76. The van der Waals surface area contributed by atoms with Crippen molar-refractivity contribution in [1.29, 1.82) is 0 Å². The number of hydrogen-bond acceptors (Lipinski definition) is 6. The van der Waals surface area contributed by atoms with E-state index in [0.717, 1.165) is 28.4 Å². The van der Waals surface area contributed by atoms with E-state index in [1.54, 1.807) is 51.3 Å². The molecule has 0 saturated carbocycles. The highest BCUT2D eigenvalue weighted by molar-refractivity contribution is 6.24. The highest BCUT2D eigenvalue weighted by Gasteiger charge is 2.38. The number of amides is 1. The van der Waals surface area contributed by atoms with Crippen molar-refractivity contribution in [3.63, 3.8) is 0 Å². The summed E-state index contributed by atoms with van der Waals surface area (Å²) in [4.78, 5) is 40.0. The van der Waals surface area contributed by atoms with Gasteiger partial charge >= 0.3 is 11.9 Å². The number of rotatable bonds is 7. The van der Waals surface area contributed by atoms with E-state index in [1.165, 1.54) is 12.0 Å². The molecule has 1 aromatic heterocycles. The number of methoxy groups -OCH3 is 2. The summed E-state index contributed by atoms with van der Waals surface area (Å²) in [5.74, 6) is -0.645. The van der Waals surface area contributed by atoms with Gasteiger partial charge in [0, 0.05) is 28.5 Å². The number of ether oxygens (including phenoxy) is 3. The molecule has 0 aliphatic carbocycles. The molecular formula is C30H30N2O6. The van der Waals surface area contributed by atoms with Crippen LogP contribution in [-0.2, 0) is 19.1 Å². The van der Waals surface area contributed by atoms with E-state index in [9.17, 15) is 14.4 Å². The van der Waals surface area contributed by atoms with Crippen LogP contribution in [-0.4, -0.2) is 43.2 Å². The van der Waals surface area contributed by atoms with Gasteiger partial charge in [0.05, 0.1) is 37.5 Å². The summed E-state index contributed by atoms with van der Waals surface area (Å²) in [5, 5.41) is 0. The Morgan fingerprint density at radius 1 is 0.895 bits per heavy atom. The summed E-state index contributed by atoms with van der Waals surface area (Å²) in [6.07, 6.45) is 1.73. The summed E-state index contributed by atoms with van der Waals surface area (Å²) in [6.45, 7) is 7.65. The van der Waals surface area contributed by atoms with Crippen LogP contribution in [0.3, 0.4) is 0 Å². The van der Waals surface area contributed by atoms with Crippen molar-refractivity contribution in [2.45, 2.75) is 27.7 Å². The summed E-state index contributed by atoms with van der Waals surface area (Å²) >= 11 is 0. The van der Waals surface area contributed by atoms with Gasteiger partial charge in [0.1, 0.15) is 5.75 Å².